The molecule has 0 aliphatic carbocycles. The topological polar surface area (TPSA) is 34.1 Å². The van der Waals surface area contributed by atoms with Gasteiger partial charge in [0, 0.05) is 22.3 Å². The van der Waals surface area contributed by atoms with Crippen LogP contribution in [0.4, 0.5) is 0 Å². The Labute approximate surface area is 160 Å². The molecule has 126 valence electrons. The molecule has 0 heterocycles. The Morgan fingerprint density at radius 1 is 0.538 bits per heavy atom. The summed E-state index contributed by atoms with van der Waals surface area (Å²) >= 11 is 11.8. The van der Waals surface area contributed by atoms with Gasteiger partial charge >= 0.3 is 0 Å². The standard InChI is InChI=1S/C22H12Cl2O2/c23-21(25)17-11-9-13-5-1-3-7-15(13)19(17)20-16-8-4-2-6-14(16)10-12-18(20)22(24)26/h1-12H. The molecule has 0 aliphatic heterocycles. The largest absolute Gasteiger partial charge is 0.276 e. The molecule has 0 fully saturated rings. The number of carbonyl (C=O) groups is 2. The summed E-state index contributed by atoms with van der Waals surface area (Å²) in [6, 6.07) is 22.4. The van der Waals surface area contributed by atoms with Crippen molar-refractivity contribution < 1.29 is 9.59 Å². The molecule has 0 aliphatic rings. The minimum absolute atomic E-state index is 0.348. The highest BCUT2D eigenvalue weighted by Gasteiger charge is 2.21. The maximum Gasteiger partial charge on any atom is 0.253 e. The Morgan fingerprint density at radius 3 is 1.31 bits per heavy atom. The van der Waals surface area contributed by atoms with Gasteiger partial charge in [-0.15, -0.1) is 0 Å². The molecule has 0 aromatic heterocycles. The number of hydrogen-bond donors (Lipinski definition) is 0. The van der Waals surface area contributed by atoms with E-state index in [-0.39, 0.29) is 0 Å². The van der Waals surface area contributed by atoms with E-state index in [1.165, 1.54) is 0 Å². The Balaban J connectivity index is 2.27. The average Bonchev–Trinajstić information content (AvgIpc) is 2.66. The summed E-state index contributed by atoms with van der Waals surface area (Å²) < 4.78 is 0. The van der Waals surface area contributed by atoms with Crippen molar-refractivity contribution in [2.75, 3.05) is 0 Å². The molecule has 0 N–H and O–H groups in total. The Morgan fingerprint density at radius 2 is 0.923 bits per heavy atom. The predicted molar refractivity (Wildman–Crippen MR) is 107 cm³/mol. The van der Waals surface area contributed by atoms with Crippen molar-refractivity contribution in [2.45, 2.75) is 0 Å². The van der Waals surface area contributed by atoms with Gasteiger partial charge < -0.3 is 0 Å². The monoisotopic (exact) mass is 378 g/mol. The molecule has 4 aromatic carbocycles. The van der Waals surface area contributed by atoms with Gasteiger partial charge in [-0.3, -0.25) is 9.59 Å². The quantitative estimate of drug-likeness (QED) is 0.385. The van der Waals surface area contributed by atoms with Crippen molar-refractivity contribution in [2.24, 2.45) is 0 Å². The van der Waals surface area contributed by atoms with Crippen LogP contribution >= 0.6 is 23.2 Å². The summed E-state index contributed by atoms with van der Waals surface area (Å²) in [6.45, 7) is 0. The van der Waals surface area contributed by atoms with Crippen LogP contribution < -0.4 is 0 Å². The molecule has 0 saturated heterocycles. The van der Waals surface area contributed by atoms with Crippen molar-refractivity contribution in [1.82, 2.24) is 0 Å². The normalized spacial score (nSPS) is 11.0. The van der Waals surface area contributed by atoms with Crippen molar-refractivity contribution in [3.63, 3.8) is 0 Å². The summed E-state index contributed by atoms with van der Waals surface area (Å²) in [5.41, 5.74) is 1.95. The fraction of sp³-hybridized carbons (Fsp3) is 0. The van der Waals surface area contributed by atoms with E-state index >= 15 is 0 Å². The Bertz CT molecular complexity index is 1100. The second-order valence-corrected chi connectivity index (χ2v) is 6.65. The molecular weight excluding hydrogens is 367 g/mol. The van der Waals surface area contributed by atoms with Crippen LogP contribution in [-0.4, -0.2) is 10.5 Å². The van der Waals surface area contributed by atoms with Gasteiger partial charge in [0.25, 0.3) is 10.5 Å². The fourth-order valence-electron chi connectivity index (χ4n) is 3.41. The molecule has 4 rings (SSSR count). The molecule has 0 spiro atoms. The molecule has 0 amide bonds. The summed E-state index contributed by atoms with van der Waals surface area (Å²) in [7, 11) is 0. The summed E-state index contributed by atoms with van der Waals surface area (Å²) in [6.07, 6.45) is 0. The average molecular weight is 379 g/mol. The van der Waals surface area contributed by atoms with Crippen molar-refractivity contribution in [3.05, 3.63) is 83.9 Å². The van der Waals surface area contributed by atoms with E-state index in [2.05, 4.69) is 0 Å². The van der Waals surface area contributed by atoms with Gasteiger partial charge in [-0.25, -0.2) is 0 Å². The SMILES string of the molecule is O=C(Cl)c1ccc2ccccc2c1-c1c(C(=O)Cl)ccc2ccccc12. The van der Waals surface area contributed by atoms with Gasteiger partial charge in [0.15, 0.2) is 0 Å². The smallest absolute Gasteiger partial charge is 0.253 e. The second-order valence-electron chi connectivity index (χ2n) is 5.97. The highest BCUT2D eigenvalue weighted by Crippen LogP contribution is 2.40. The number of rotatable bonds is 3. The first kappa shape index (κ1) is 16.8. The molecule has 0 radical (unpaired) electrons. The third-order valence-corrected chi connectivity index (χ3v) is 4.94. The second kappa shape index (κ2) is 6.56. The predicted octanol–water partition coefficient (Wildman–Crippen LogP) is 6.42. The van der Waals surface area contributed by atoms with Gasteiger partial charge in [-0.1, -0.05) is 60.7 Å². The minimum Gasteiger partial charge on any atom is -0.276 e. The molecule has 0 unspecified atom stereocenters. The fourth-order valence-corrected chi connectivity index (χ4v) is 3.72. The van der Waals surface area contributed by atoms with Crippen molar-refractivity contribution >= 4 is 55.2 Å². The lowest BCUT2D eigenvalue weighted by molar-refractivity contribution is 0.107. The van der Waals surface area contributed by atoms with Gasteiger partial charge in [-0.2, -0.15) is 0 Å². The highest BCUT2D eigenvalue weighted by molar-refractivity contribution is 6.69. The van der Waals surface area contributed by atoms with Crippen LogP contribution in [0.15, 0.2) is 72.8 Å². The van der Waals surface area contributed by atoms with Crippen LogP contribution in [0.1, 0.15) is 20.7 Å². The van der Waals surface area contributed by atoms with Crippen molar-refractivity contribution in [3.8, 4) is 11.1 Å². The van der Waals surface area contributed by atoms with E-state index in [9.17, 15) is 9.59 Å². The van der Waals surface area contributed by atoms with E-state index in [1.54, 1.807) is 12.1 Å². The lowest BCUT2D eigenvalue weighted by Gasteiger charge is -2.16. The summed E-state index contributed by atoms with van der Waals surface area (Å²) in [5, 5.41) is 2.43. The summed E-state index contributed by atoms with van der Waals surface area (Å²) in [4.78, 5) is 24.3. The van der Waals surface area contributed by atoms with E-state index in [0.29, 0.717) is 22.3 Å². The number of fused-ring (bicyclic) bond motifs is 2. The lowest BCUT2D eigenvalue weighted by Crippen LogP contribution is -2.01. The molecule has 2 nitrogen and oxygen atoms in total. The van der Waals surface area contributed by atoms with E-state index < -0.39 is 10.5 Å². The number of halogens is 2. The Hall–Kier alpha value is -2.68. The van der Waals surface area contributed by atoms with Gasteiger partial charge in [0.2, 0.25) is 0 Å². The number of carbonyl (C=O) groups excluding carboxylic acids is 2. The van der Waals surface area contributed by atoms with Crippen LogP contribution in [0.25, 0.3) is 32.7 Å². The highest BCUT2D eigenvalue weighted by atomic mass is 35.5. The van der Waals surface area contributed by atoms with Crippen LogP contribution in [-0.2, 0) is 0 Å². The van der Waals surface area contributed by atoms with Crippen LogP contribution in [0.3, 0.4) is 0 Å². The van der Waals surface area contributed by atoms with Crippen molar-refractivity contribution in [1.29, 1.82) is 0 Å². The molecular formula is C22H12Cl2O2. The maximum absolute atomic E-state index is 12.1. The van der Waals surface area contributed by atoms with Crippen LogP contribution in [0.5, 0.6) is 0 Å². The minimum atomic E-state index is -0.577. The maximum atomic E-state index is 12.1. The number of hydrogen-bond acceptors (Lipinski definition) is 2. The van der Waals surface area contributed by atoms with E-state index in [1.807, 2.05) is 60.7 Å². The zero-order chi connectivity index (χ0) is 18.3. The molecule has 0 atom stereocenters. The third kappa shape index (κ3) is 2.68. The van der Waals surface area contributed by atoms with E-state index in [4.69, 9.17) is 23.2 Å². The van der Waals surface area contributed by atoms with Gasteiger partial charge in [0.05, 0.1) is 0 Å². The first-order chi connectivity index (χ1) is 12.6. The van der Waals surface area contributed by atoms with Crippen LogP contribution in [0, 0.1) is 0 Å². The van der Waals surface area contributed by atoms with Gasteiger partial charge in [0.1, 0.15) is 0 Å². The van der Waals surface area contributed by atoms with Gasteiger partial charge in [-0.05, 0) is 56.9 Å². The molecule has 4 heteroatoms. The molecule has 0 saturated carbocycles. The molecule has 4 aromatic rings. The first-order valence-corrected chi connectivity index (χ1v) is 8.77. The zero-order valence-corrected chi connectivity index (χ0v) is 15.0. The molecule has 0 bridgehead atoms. The summed E-state index contributed by atoms with van der Waals surface area (Å²) in [5.74, 6) is 0. The lowest BCUT2D eigenvalue weighted by atomic mass is 9.87. The number of benzene rings is 4. The Kier molecular flexibility index (Phi) is 4.23. The molecule has 26 heavy (non-hydrogen) atoms. The third-order valence-electron chi connectivity index (χ3n) is 4.53. The zero-order valence-electron chi connectivity index (χ0n) is 13.5. The van der Waals surface area contributed by atoms with Crippen LogP contribution in [0.2, 0.25) is 0 Å². The van der Waals surface area contributed by atoms with E-state index in [0.717, 1.165) is 21.5 Å². The first-order valence-electron chi connectivity index (χ1n) is 8.01.